The molecule has 2 saturated carbocycles. The van der Waals surface area contributed by atoms with Gasteiger partial charge in [-0.25, -0.2) is 0 Å². The Morgan fingerprint density at radius 2 is 2.00 bits per heavy atom. The normalized spacial score (nSPS) is 21.5. The number of hydrogen-bond acceptors (Lipinski definition) is 4. The summed E-state index contributed by atoms with van der Waals surface area (Å²) in [6.07, 6.45) is 4.74. The zero-order valence-corrected chi connectivity index (χ0v) is 11.7. The van der Waals surface area contributed by atoms with Gasteiger partial charge in [-0.2, -0.15) is 0 Å². The molecule has 2 fully saturated rings. The predicted octanol–water partition coefficient (Wildman–Crippen LogP) is 1.45. The van der Waals surface area contributed by atoms with Gasteiger partial charge in [0.05, 0.1) is 18.8 Å². The van der Waals surface area contributed by atoms with Gasteiger partial charge in [-0.1, -0.05) is 12.1 Å². The molecule has 1 aromatic rings. The molecule has 0 bridgehead atoms. The van der Waals surface area contributed by atoms with Gasteiger partial charge in [0, 0.05) is 6.04 Å². The third-order valence-electron chi connectivity index (χ3n) is 4.29. The highest BCUT2D eigenvalue weighted by Crippen LogP contribution is 2.41. The first-order valence-electron chi connectivity index (χ1n) is 7.47. The highest BCUT2D eigenvalue weighted by molar-refractivity contribution is 5.28. The maximum absolute atomic E-state index is 9.86. The first-order valence-corrected chi connectivity index (χ1v) is 7.47. The van der Waals surface area contributed by atoms with Gasteiger partial charge in [-0.05, 0) is 49.3 Å². The number of benzene rings is 1. The van der Waals surface area contributed by atoms with Crippen LogP contribution in [0.5, 0.6) is 5.75 Å². The van der Waals surface area contributed by atoms with Crippen molar-refractivity contribution in [2.24, 2.45) is 5.92 Å². The van der Waals surface area contributed by atoms with Crippen molar-refractivity contribution in [2.45, 2.75) is 43.9 Å². The lowest BCUT2D eigenvalue weighted by Gasteiger charge is -2.33. The number of rotatable bonds is 8. The average molecular weight is 277 g/mol. The Morgan fingerprint density at radius 1 is 1.20 bits per heavy atom. The van der Waals surface area contributed by atoms with Crippen molar-refractivity contribution in [2.75, 3.05) is 13.2 Å². The highest BCUT2D eigenvalue weighted by Gasteiger charge is 2.48. The van der Waals surface area contributed by atoms with E-state index in [1.54, 1.807) is 0 Å². The van der Waals surface area contributed by atoms with Gasteiger partial charge >= 0.3 is 0 Å². The van der Waals surface area contributed by atoms with Crippen LogP contribution in [0.15, 0.2) is 24.3 Å². The van der Waals surface area contributed by atoms with Gasteiger partial charge in [0.1, 0.15) is 12.4 Å². The monoisotopic (exact) mass is 277 g/mol. The molecule has 1 aromatic carbocycles. The number of ether oxygens (including phenoxy) is 1. The molecule has 2 aliphatic carbocycles. The van der Waals surface area contributed by atoms with Crippen molar-refractivity contribution in [3.8, 4) is 5.75 Å². The molecule has 0 spiro atoms. The van der Waals surface area contributed by atoms with E-state index in [1.807, 2.05) is 24.3 Å². The van der Waals surface area contributed by atoms with Crippen molar-refractivity contribution in [1.82, 2.24) is 5.32 Å². The summed E-state index contributed by atoms with van der Waals surface area (Å²) in [5, 5.41) is 22.6. The van der Waals surface area contributed by atoms with Crippen LogP contribution in [0.1, 0.15) is 31.2 Å². The van der Waals surface area contributed by atoms with Gasteiger partial charge in [-0.3, -0.25) is 0 Å². The van der Waals surface area contributed by atoms with Gasteiger partial charge in [0.25, 0.3) is 0 Å². The second-order valence-corrected chi connectivity index (χ2v) is 6.10. The molecule has 0 saturated heterocycles. The Hall–Kier alpha value is -1.10. The zero-order chi connectivity index (χ0) is 14.0. The molecule has 4 heteroatoms. The minimum atomic E-state index is -0.295. The summed E-state index contributed by atoms with van der Waals surface area (Å²) < 4.78 is 5.90. The maximum atomic E-state index is 9.86. The summed E-state index contributed by atoms with van der Waals surface area (Å²) in [5.41, 5.74) is 0.551. The second kappa shape index (κ2) is 5.72. The summed E-state index contributed by atoms with van der Waals surface area (Å²) in [5.74, 6) is 1.28. The van der Waals surface area contributed by atoms with Crippen molar-refractivity contribution in [3.05, 3.63) is 29.8 Å². The lowest BCUT2D eigenvalue weighted by molar-refractivity contribution is 0.0831. The molecule has 110 valence electrons. The van der Waals surface area contributed by atoms with E-state index < -0.39 is 0 Å². The quantitative estimate of drug-likeness (QED) is 0.673. The van der Waals surface area contributed by atoms with Gasteiger partial charge in [-0.15, -0.1) is 0 Å². The number of hydrogen-bond donors (Lipinski definition) is 3. The fraction of sp³-hybridized carbons (Fsp3) is 0.625. The molecule has 3 N–H and O–H groups in total. The highest BCUT2D eigenvalue weighted by atomic mass is 16.5. The summed E-state index contributed by atoms with van der Waals surface area (Å²) in [4.78, 5) is 0. The van der Waals surface area contributed by atoms with Crippen molar-refractivity contribution in [3.63, 3.8) is 0 Å². The third kappa shape index (κ3) is 3.14. The van der Waals surface area contributed by atoms with Gasteiger partial charge < -0.3 is 20.3 Å². The molecular weight excluding hydrogens is 254 g/mol. The summed E-state index contributed by atoms with van der Waals surface area (Å²) in [6, 6.07) is 8.05. The Balaban J connectivity index is 1.66. The summed E-state index contributed by atoms with van der Waals surface area (Å²) in [7, 11) is 0. The van der Waals surface area contributed by atoms with E-state index in [2.05, 4.69) is 5.32 Å². The molecule has 2 aliphatic rings. The molecule has 3 rings (SSSR count). The average Bonchev–Trinajstić information content (AvgIpc) is 3.37. The molecule has 1 unspecified atom stereocenters. The van der Waals surface area contributed by atoms with E-state index in [0.29, 0.717) is 18.6 Å². The predicted molar refractivity (Wildman–Crippen MR) is 76.6 cm³/mol. The lowest BCUT2D eigenvalue weighted by atomic mass is 9.95. The van der Waals surface area contributed by atoms with Crippen LogP contribution in [0.4, 0.5) is 0 Å². The SMILES string of the molecule is OCc1cccc(OCC(CO)(NC2CC2)C2CC2)c1. The summed E-state index contributed by atoms with van der Waals surface area (Å²) in [6.45, 7) is 0.624. The first-order chi connectivity index (χ1) is 9.75. The Bertz CT molecular complexity index is 457. The van der Waals surface area contributed by atoms with Crippen LogP contribution >= 0.6 is 0 Å². The zero-order valence-electron chi connectivity index (χ0n) is 11.7. The summed E-state index contributed by atoms with van der Waals surface area (Å²) >= 11 is 0. The number of aliphatic hydroxyl groups excluding tert-OH is 2. The smallest absolute Gasteiger partial charge is 0.119 e. The molecule has 0 amide bonds. The minimum Gasteiger partial charge on any atom is -0.492 e. The fourth-order valence-electron chi connectivity index (χ4n) is 2.71. The van der Waals surface area contributed by atoms with E-state index in [-0.39, 0.29) is 18.8 Å². The van der Waals surface area contributed by atoms with Crippen molar-refractivity contribution < 1.29 is 14.9 Å². The Labute approximate surface area is 119 Å². The molecule has 20 heavy (non-hydrogen) atoms. The van der Waals surface area contributed by atoms with Crippen molar-refractivity contribution >= 4 is 0 Å². The second-order valence-electron chi connectivity index (χ2n) is 6.10. The standard InChI is InChI=1S/C16H23NO3/c18-9-12-2-1-3-15(8-12)20-11-16(10-19,13-4-5-13)17-14-6-7-14/h1-3,8,13-14,17-19H,4-7,9-11H2. The number of aliphatic hydroxyl groups is 2. The molecule has 0 aromatic heterocycles. The number of nitrogens with one attached hydrogen (secondary N) is 1. The third-order valence-corrected chi connectivity index (χ3v) is 4.29. The Morgan fingerprint density at radius 3 is 2.60 bits per heavy atom. The molecule has 4 nitrogen and oxygen atoms in total. The van der Waals surface area contributed by atoms with Gasteiger partial charge in [0.2, 0.25) is 0 Å². The Kier molecular flexibility index (Phi) is 3.96. The van der Waals surface area contributed by atoms with Crippen LogP contribution in [0, 0.1) is 5.92 Å². The van der Waals surface area contributed by atoms with Crippen LogP contribution in [0.25, 0.3) is 0 Å². The molecule has 0 aliphatic heterocycles. The van der Waals surface area contributed by atoms with Crippen LogP contribution in [-0.2, 0) is 6.61 Å². The van der Waals surface area contributed by atoms with Crippen LogP contribution in [0.2, 0.25) is 0 Å². The van der Waals surface area contributed by atoms with Crippen LogP contribution in [-0.4, -0.2) is 35.0 Å². The van der Waals surface area contributed by atoms with E-state index in [0.717, 1.165) is 11.3 Å². The topological polar surface area (TPSA) is 61.7 Å². The van der Waals surface area contributed by atoms with E-state index in [1.165, 1.54) is 25.7 Å². The molecular formula is C16H23NO3. The first kappa shape index (κ1) is 13.9. The molecule has 1 atom stereocenters. The van der Waals surface area contributed by atoms with Crippen LogP contribution in [0.3, 0.4) is 0 Å². The van der Waals surface area contributed by atoms with E-state index in [4.69, 9.17) is 9.84 Å². The minimum absolute atomic E-state index is 0.0191. The van der Waals surface area contributed by atoms with Crippen molar-refractivity contribution in [1.29, 1.82) is 0 Å². The molecule has 0 radical (unpaired) electrons. The maximum Gasteiger partial charge on any atom is 0.119 e. The lowest BCUT2D eigenvalue weighted by Crippen LogP contribution is -2.56. The van der Waals surface area contributed by atoms with E-state index >= 15 is 0 Å². The largest absolute Gasteiger partial charge is 0.492 e. The molecule has 0 heterocycles. The van der Waals surface area contributed by atoms with Crippen LogP contribution < -0.4 is 10.1 Å². The van der Waals surface area contributed by atoms with Gasteiger partial charge in [0.15, 0.2) is 0 Å². The van der Waals surface area contributed by atoms with E-state index in [9.17, 15) is 5.11 Å². The fourth-order valence-corrected chi connectivity index (χ4v) is 2.71.